The molecule has 0 unspecified atom stereocenters. The lowest BCUT2D eigenvalue weighted by molar-refractivity contribution is -0.120. The van der Waals surface area contributed by atoms with Gasteiger partial charge in [-0.3, -0.25) is 20.4 Å². The highest BCUT2D eigenvalue weighted by molar-refractivity contribution is 7.90. The van der Waals surface area contributed by atoms with E-state index < -0.39 is 21.7 Å². The maximum absolute atomic E-state index is 12.0. The smallest absolute Gasteiger partial charge is 0.269 e. The lowest BCUT2D eigenvalue weighted by Crippen LogP contribution is -2.44. The van der Waals surface area contributed by atoms with Gasteiger partial charge in [0.2, 0.25) is 0 Å². The molecular weight excluding hydrogens is 358 g/mol. The van der Waals surface area contributed by atoms with Gasteiger partial charge in [-0.1, -0.05) is 6.07 Å². The first-order valence-electron chi connectivity index (χ1n) is 7.57. The number of amides is 2. The molecule has 2 rings (SSSR count). The fourth-order valence-electron chi connectivity index (χ4n) is 2.00. The molecule has 2 aromatic carbocycles. The van der Waals surface area contributed by atoms with Gasteiger partial charge >= 0.3 is 0 Å². The molecule has 9 heteroatoms. The minimum Gasteiger partial charge on any atom is -0.497 e. The van der Waals surface area contributed by atoms with Crippen LogP contribution >= 0.6 is 0 Å². The van der Waals surface area contributed by atoms with Gasteiger partial charge in [0.25, 0.3) is 11.8 Å². The van der Waals surface area contributed by atoms with Gasteiger partial charge < -0.3 is 10.1 Å². The van der Waals surface area contributed by atoms with Crippen LogP contribution in [0.4, 0.5) is 5.69 Å². The number of anilines is 1. The van der Waals surface area contributed by atoms with Gasteiger partial charge in [-0.05, 0) is 42.5 Å². The molecule has 2 amide bonds. The van der Waals surface area contributed by atoms with Gasteiger partial charge in [0.15, 0.2) is 9.84 Å². The lowest BCUT2D eigenvalue weighted by Gasteiger charge is -2.10. The summed E-state index contributed by atoms with van der Waals surface area (Å²) in [5.41, 5.74) is 5.33. The highest BCUT2D eigenvalue weighted by atomic mass is 32.2. The standard InChI is InChI=1S/C17H19N3O5S/c1-25-14-8-6-13(7-9-14)18-11-16(21)19-20-17(22)12-4-3-5-15(10-12)26(2,23)24/h3-10,18H,11H2,1-2H3,(H,19,21)(H,20,22). The van der Waals surface area contributed by atoms with E-state index in [0.29, 0.717) is 11.4 Å². The highest BCUT2D eigenvalue weighted by Gasteiger charge is 2.12. The van der Waals surface area contributed by atoms with E-state index in [-0.39, 0.29) is 17.0 Å². The summed E-state index contributed by atoms with van der Waals surface area (Å²) in [6.45, 7) is -0.0595. The Balaban J connectivity index is 1.85. The van der Waals surface area contributed by atoms with Gasteiger partial charge in [-0.2, -0.15) is 0 Å². The van der Waals surface area contributed by atoms with Crippen molar-refractivity contribution in [3.05, 3.63) is 54.1 Å². The van der Waals surface area contributed by atoms with Crippen molar-refractivity contribution in [3.8, 4) is 5.75 Å². The highest BCUT2D eigenvalue weighted by Crippen LogP contribution is 2.14. The number of hydrazine groups is 1. The first-order valence-corrected chi connectivity index (χ1v) is 9.46. The zero-order chi connectivity index (χ0) is 19.2. The van der Waals surface area contributed by atoms with E-state index in [9.17, 15) is 18.0 Å². The monoisotopic (exact) mass is 377 g/mol. The molecular formula is C17H19N3O5S. The summed E-state index contributed by atoms with van der Waals surface area (Å²) >= 11 is 0. The molecule has 0 aliphatic rings. The number of carbonyl (C=O) groups is 2. The van der Waals surface area contributed by atoms with Crippen molar-refractivity contribution in [2.45, 2.75) is 4.90 Å². The number of hydrogen-bond donors (Lipinski definition) is 3. The van der Waals surface area contributed by atoms with E-state index in [1.54, 1.807) is 31.4 Å². The second-order valence-electron chi connectivity index (χ2n) is 5.38. The summed E-state index contributed by atoms with van der Waals surface area (Å²) < 4.78 is 28.1. The maximum atomic E-state index is 12.0. The molecule has 8 nitrogen and oxygen atoms in total. The third-order valence-electron chi connectivity index (χ3n) is 3.38. The van der Waals surface area contributed by atoms with Crippen LogP contribution in [0.25, 0.3) is 0 Å². The fourth-order valence-corrected chi connectivity index (χ4v) is 2.67. The number of rotatable bonds is 6. The topological polar surface area (TPSA) is 114 Å². The van der Waals surface area contributed by atoms with E-state index in [0.717, 1.165) is 6.26 Å². The molecule has 0 saturated heterocycles. The zero-order valence-corrected chi connectivity index (χ0v) is 15.1. The van der Waals surface area contributed by atoms with E-state index in [4.69, 9.17) is 4.74 Å². The Labute approximate surface area is 151 Å². The van der Waals surface area contributed by atoms with Crippen LogP contribution < -0.4 is 20.9 Å². The quantitative estimate of drug-likeness (QED) is 0.647. The molecule has 0 saturated carbocycles. The van der Waals surface area contributed by atoms with Gasteiger partial charge in [0.1, 0.15) is 5.75 Å². The normalized spacial score (nSPS) is 10.7. The average molecular weight is 377 g/mol. The van der Waals surface area contributed by atoms with Crippen molar-refractivity contribution in [2.24, 2.45) is 0 Å². The Hall–Kier alpha value is -3.07. The molecule has 3 N–H and O–H groups in total. The van der Waals surface area contributed by atoms with Crippen molar-refractivity contribution in [1.29, 1.82) is 0 Å². The van der Waals surface area contributed by atoms with E-state index in [2.05, 4.69) is 16.2 Å². The third kappa shape index (κ3) is 5.49. The Kier molecular flexibility index (Phi) is 6.18. The maximum Gasteiger partial charge on any atom is 0.269 e. The number of ether oxygens (including phenoxy) is 1. The summed E-state index contributed by atoms with van der Waals surface area (Å²) in [6, 6.07) is 12.5. The fraction of sp³-hybridized carbons (Fsp3) is 0.176. The van der Waals surface area contributed by atoms with Crippen molar-refractivity contribution >= 4 is 27.3 Å². The van der Waals surface area contributed by atoms with Gasteiger partial charge in [-0.25, -0.2) is 8.42 Å². The SMILES string of the molecule is COc1ccc(NCC(=O)NNC(=O)c2cccc(S(C)(=O)=O)c2)cc1. The second-order valence-corrected chi connectivity index (χ2v) is 7.40. The third-order valence-corrected chi connectivity index (χ3v) is 4.49. The van der Waals surface area contributed by atoms with Gasteiger partial charge in [-0.15, -0.1) is 0 Å². The Morgan fingerprint density at radius 2 is 1.73 bits per heavy atom. The molecule has 0 radical (unpaired) electrons. The first kappa shape index (κ1) is 19.3. The largest absolute Gasteiger partial charge is 0.497 e. The van der Waals surface area contributed by atoms with Crippen LogP contribution in [0.15, 0.2) is 53.4 Å². The molecule has 0 spiro atoms. The number of nitrogens with one attached hydrogen (secondary N) is 3. The summed E-state index contributed by atoms with van der Waals surface area (Å²) in [5.74, 6) is -0.384. The minimum absolute atomic E-state index is 0.0256. The van der Waals surface area contributed by atoms with Crippen LogP contribution in [0.1, 0.15) is 10.4 Å². The molecule has 0 aliphatic heterocycles. The second kappa shape index (κ2) is 8.34. The predicted octanol–water partition coefficient (Wildman–Crippen LogP) is 0.972. The molecule has 2 aromatic rings. The van der Waals surface area contributed by atoms with Gasteiger partial charge in [0, 0.05) is 17.5 Å². The van der Waals surface area contributed by atoms with Crippen LogP contribution in [0.2, 0.25) is 0 Å². The molecule has 138 valence electrons. The van der Waals surface area contributed by atoms with Crippen molar-refractivity contribution in [1.82, 2.24) is 10.9 Å². The summed E-state index contributed by atoms with van der Waals surface area (Å²) in [4.78, 5) is 23.8. The average Bonchev–Trinajstić information content (AvgIpc) is 2.64. The van der Waals surface area contributed by atoms with Crippen LogP contribution in [0.5, 0.6) is 5.75 Å². The van der Waals surface area contributed by atoms with Crippen LogP contribution in [0, 0.1) is 0 Å². The lowest BCUT2D eigenvalue weighted by atomic mass is 10.2. The van der Waals surface area contributed by atoms with Crippen molar-refractivity contribution < 1.29 is 22.7 Å². The molecule has 26 heavy (non-hydrogen) atoms. The van der Waals surface area contributed by atoms with E-state index >= 15 is 0 Å². The molecule has 0 aromatic heterocycles. The van der Waals surface area contributed by atoms with Crippen molar-refractivity contribution in [3.63, 3.8) is 0 Å². The Bertz CT molecular complexity index is 895. The summed E-state index contributed by atoms with van der Waals surface area (Å²) in [7, 11) is -1.86. The molecule has 0 aliphatic carbocycles. The zero-order valence-electron chi connectivity index (χ0n) is 14.3. The minimum atomic E-state index is -3.42. The van der Waals surface area contributed by atoms with Crippen LogP contribution in [-0.4, -0.2) is 40.1 Å². The molecule has 0 heterocycles. The Morgan fingerprint density at radius 3 is 2.35 bits per heavy atom. The number of sulfone groups is 1. The number of hydrogen-bond acceptors (Lipinski definition) is 6. The Morgan fingerprint density at radius 1 is 1.04 bits per heavy atom. The number of benzene rings is 2. The first-order chi connectivity index (χ1) is 12.3. The summed E-state index contributed by atoms with van der Waals surface area (Å²) in [6.07, 6.45) is 1.05. The molecule has 0 fully saturated rings. The van der Waals surface area contributed by atoms with Gasteiger partial charge in [0.05, 0.1) is 18.6 Å². The molecule has 0 bridgehead atoms. The van der Waals surface area contributed by atoms with E-state index in [1.165, 1.54) is 24.3 Å². The predicted molar refractivity (Wildman–Crippen MR) is 96.6 cm³/mol. The molecule has 0 atom stereocenters. The summed E-state index contributed by atoms with van der Waals surface area (Å²) in [5, 5.41) is 2.89. The van der Waals surface area contributed by atoms with E-state index in [1.807, 2.05) is 0 Å². The van der Waals surface area contributed by atoms with Crippen molar-refractivity contribution in [2.75, 3.05) is 25.2 Å². The van der Waals surface area contributed by atoms with Crippen LogP contribution in [-0.2, 0) is 14.6 Å². The van der Waals surface area contributed by atoms with Crippen LogP contribution in [0.3, 0.4) is 0 Å². The number of methoxy groups -OCH3 is 1. The number of carbonyl (C=O) groups excluding carboxylic acids is 2.